The van der Waals surface area contributed by atoms with E-state index in [1.807, 2.05) is 0 Å². The van der Waals surface area contributed by atoms with E-state index >= 15 is 0 Å². The van der Waals surface area contributed by atoms with Crippen LogP contribution in [0.2, 0.25) is 0 Å². The smallest absolute Gasteiger partial charge is 0.217 e. The standard InChI is InChI=1S/C11H19NO6S/c1-5(13)12-8-10(16)9(15)7(4-19-6(2)14)18-11(8)17-3/h7-11,15-16H,4H2,1-3H3,(H,12,13)/t7-,8-,9-,10-,11-/m1/s1. The number of carbonyl (C=O) groups is 2. The third kappa shape index (κ3) is 4.43. The largest absolute Gasteiger partial charge is 0.388 e. The van der Waals surface area contributed by atoms with E-state index in [-0.39, 0.29) is 16.8 Å². The molecule has 1 aliphatic rings. The van der Waals surface area contributed by atoms with Gasteiger partial charge in [-0.1, -0.05) is 11.8 Å². The highest BCUT2D eigenvalue weighted by Crippen LogP contribution is 2.24. The average Bonchev–Trinajstić information content (AvgIpc) is 2.33. The molecule has 0 aromatic carbocycles. The summed E-state index contributed by atoms with van der Waals surface area (Å²) in [5.41, 5.74) is 0. The van der Waals surface area contributed by atoms with Gasteiger partial charge in [-0.05, 0) is 0 Å². The molecular weight excluding hydrogens is 274 g/mol. The zero-order valence-electron chi connectivity index (χ0n) is 11.0. The zero-order chi connectivity index (χ0) is 14.6. The minimum absolute atomic E-state index is 0.108. The van der Waals surface area contributed by atoms with E-state index in [4.69, 9.17) is 9.47 Å². The van der Waals surface area contributed by atoms with Crippen LogP contribution in [0.3, 0.4) is 0 Å². The van der Waals surface area contributed by atoms with Crippen LogP contribution in [0, 0.1) is 0 Å². The second-order valence-corrected chi connectivity index (χ2v) is 5.49. The molecule has 0 radical (unpaired) electrons. The first-order valence-corrected chi connectivity index (χ1v) is 6.80. The summed E-state index contributed by atoms with van der Waals surface area (Å²) in [5.74, 6) is -0.154. The second-order valence-electron chi connectivity index (χ2n) is 4.29. The van der Waals surface area contributed by atoms with Gasteiger partial charge in [0.15, 0.2) is 11.4 Å². The number of rotatable bonds is 4. The Morgan fingerprint density at radius 1 is 1.32 bits per heavy atom. The molecule has 19 heavy (non-hydrogen) atoms. The Labute approximate surface area is 115 Å². The molecule has 0 spiro atoms. The molecule has 0 aliphatic carbocycles. The van der Waals surface area contributed by atoms with Gasteiger partial charge >= 0.3 is 0 Å². The monoisotopic (exact) mass is 293 g/mol. The summed E-state index contributed by atoms with van der Waals surface area (Å²) < 4.78 is 10.5. The third-order valence-electron chi connectivity index (χ3n) is 2.75. The minimum Gasteiger partial charge on any atom is -0.388 e. The Morgan fingerprint density at radius 2 is 1.95 bits per heavy atom. The number of thioether (sulfide) groups is 1. The zero-order valence-corrected chi connectivity index (χ0v) is 11.8. The highest BCUT2D eigenvalue weighted by atomic mass is 32.2. The maximum atomic E-state index is 11.1. The Morgan fingerprint density at radius 3 is 2.42 bits per heavy atom. The van der Waals surface area contributed by atoms with Gasteiger partial charge in [-0.3, -0.25) is 9.59 Å². The Hall–Kier alpha value is -0.670. The number of ether oxygens (including phenoxy) is 2. The van der Waals surface area contributed by atoms with Gasteiger partial charge in [-0.25, -0.2) is 0 Å². The normalized spacial score (nSPS) is 34.9. The van der Waals surface area contributed by atoms with E-state index in [9.17, 15) is 19.8 Å². The van der Waals surface area contributed by atoms with Crippen molar-refractivity contribution in [2.24, 2.45) is 0 Å². The predicted molar refractivity (Wildman–Crippen MR) is 68.4 cm³/mol. The van der Waals surface area contributed by atoms with E-state index in [0.29, 0.717) is 0 Å². The van der Waals surface area contributed by atoms with Crippen LogP contribution in [0.25, 0.3) is 0 Å². The van der Waals surface area contributed by atoms with Crippen LogP contribution < -0.4 is 5.32 Å². The lowest BCUT2D eigenvalue weighted by Gasteiger charge is -2.42. The first kappa shape index (κ1) is 16.4. The highest BCUT2D eigenvalue weighted by Gasteiger charge is 2.45. The molecule has 1 amide bonds. The third-order valence-corrected chi connectivity index (χ3v) is 3.66. The molecule has 5 atom stereocenters. The van der Waals surface area contributed by atoms with Gasteiger partial charge in [0.2, 0.25) is 5.91 Å². The van der Waals surface area contributed by atoms with Crippen LogP contribution in [0.4, 0.5) is 0 Å². The lowest BCUT2D eigenvalue weighted by Crippen LogP contribution is -2.64. The van der Waals surface area contributed by atoms with Gasteiger partial charge in [0.05, 0.1) is 6.10 Å². The maximum Gasteiger partial charge on any atom is 0.217 e. The molecule has 0 aromatic rings. The van der Waals surface area contributed by atoms with Crippen molar-refractivity contribution in [3.05, 3.63) is 0 Å². The molecule has 3 N–H and O–H groups in total. The van der Waals surface area contributed by atoms with E-state index in [1.165, 1.54) is 21.0 Å². The van der Waals surface area contributed by atoms with Gasteiger partial charge < -0.3 is 25.0 Å². The molecule has 1 heterocycles. The summed E-state index contributed by atoms with van der Waals surface area (Å²) in [6, 6.07) is -0.851. The summed E-state index contributed by atoms with van der Waals surface area (Å²) in [5, 5.41) is 22.3. The Bertz CT molecular complexity index is 335. The van der Waals surface area contributed by atoms with Crippen LogP contribution in [0.5, 0.6) is 0 Å². The number of amides is 1. The molecule has 0 bridgehead atoms. The van der Waals surface area contributed by atoms with Crippen molar-refractivity contribution in [1.82, 2.24) is 5.32 Å². The molecule has 1 aliphatic heterocycles. The lowest BCUT2D eigenvalue weighted by atomic mass is 9.97. The number of carbonyl (C=O) groups excluding carboxylic acids is 2. The van der Waals surface area contributed by atoms with Crippen molar-refractivity contribution in [3.63, 3.8) is 0 Å². The van der Waals surface area contributed by atoms with Gasteiger partial charge in [-0.2, -0.15) is 0 Å². The van der Waals surface area contributed by atoms with Crippen molar-refractivity contribution in [2.75, 3.05) is 12.9 Å². The molecule has 0 saturated carbocycles. The second kappa shape index (κ2) is 7.20. The highest BCUT2D eigenvalue weighted by molar-refractivity contribution is 8.13. The van der Waals surface area contributed by atoms with Crippen molar-refractivity contribution in [2.45, 2.75) is 44.5 Å². The summed E-state index contributed by atoms with van der Waals surface area (Å²) in [7, 11) is 1.37. The topological polar surface area (TPSA) is 105 Å². The molecule has 110 valence electrons. The van der Waals surface area contributed by atoms with Crippen LogP contribution >= 0.6 is 11.8 Å². The summed E-state index contributed by atoms with van der Waals surface area (Å²) in [4.78, 5) is 22.0. The molecular formula is C11H19NO6S. The number of nitrogens with one attached hydrogen (secondary N) is 1. The molecule has 1 fully saturated rings. The minimum atomic E-state index is -1.22. The number of hydrogen-bond acceptors (Lipinski definition) is 7. The van der Waals surface area contributed by atoms with Gasteiger partial charge in [0.25, 0.3) is 0 Å². The van der Waals surface area contributed by atoms with Crippen molar-refractivity contribution in [3.8, 4) is 0 Å². The molecule has 0 aromatic heterocycles. The van der Waals surface area contributed by atoms with E-state index < -0.39 is 30.6 Å². The molecule has 1 saturated heterocycles. The first-order valence-electron chi connectivity index (χ1n) is 5.81. The first-order chi connectivity index (χ1) is 8.86. The van der Waals surface area contributed by atoms with Crippen LogP contribution in [-0.4, -0.2) is 64.7 Å². The van der Waals surface area contributed by atoms with Crippen LogP contribution in [0.15, 0.2) is 0 Å². The average molecular weight is 293 g/mol. The van der Waals surface area contributed by atoms with E-state index in [2.05, 4.69) is 5.32 Å². The Kier molecular flexibility index (Phi) is 6.21. The van der Waals surface area contributed by atoms with Crippen LogP contribution in [-0.2, 0) is 19.1 Å². The lowest BCUT2D eigenvalue weighted by molar-refractivity contribution is -0.250. The Balaban J connectivity index is 2.72. The number of aliphatic hydroxyl groups is 2. The SMILES string of the molecule is CO[C@@H]1O[C@H](CSC(C)=O)[C@@H](O)[C@H](O)[C@H]1NC(C)=O. The number of aliphatic hydroxyl groups excluding tert-OH is 2. The van der Waals surface area contributed by atoms with E-state index in [0.717, 1.165) is 11.8 Å². The van der Waals surface area contributed by atoms with E-state index in [1.54, 1.807) is 0 Å². The van der Waals surface area contributed by atoms with Crippen molar-refractivity contribution in [1.29, 1.82) is 0 Å². The number of hydrogen-bond donors (Lipinski definition) is 3. The summed E-state index contributed by atoms with van der Waals surface area (Å²) in [6.45, 7) is 2.70. The van der Waals surface area contributed by atoms with Crippen LogP contribution in [0.1, 0.15) is 13.8 Å². The van der Waals surface area contributed by atoms with Crippen molar-refractivity contribution < 1.29 is 29.3 Å². The molecule has 8 heteroatoms. The fourth-order valence-corrected chi connectivity index (χ4v) is 2.53. The summed E-state index contributed by atoms with van der Waals surface area (Å²) in [6.07, 6.45) is -4.03. The predicted octanol–water partition coefficient (Wildman–Crippen LogP) is -1.14. The fraction of sp³-hybridized carbons (Fsp3) is 0.818. The fourth-order valence-electron chi connectivity index (χ4n) is 1.86. The van der Waals surface area contributed by atoms with Crippen molar-refractivity contribution >= 4 is 22.8 Å². The molecule has 7 nitrogen and oxygen atoms in total. The summed E-state index contributed by atoms with van der Waals surface area (Å²) >= 11 is 0.993. The quantitative estimate of drug-likeness (QED) is 0.602. The molecule has 1 rings (SSSR count). The number of methoxy groups -OCH3 is 1. The van der Waals surface area contributed by atoms with Gasteiger partial charge in [-0.15, -0.1) is 0 Å². The maximum absolute atomic E-state index is 11.1. The molecule has 0 unspecified atom stereocenters. The van der Waals surface area contributed by atoms with Gasteiger partial charge in [0, 0.05) is 26.7 Å². The van der Waals surface area contributed by atoms with Gasteiger partial charge in [0.1, 0.15) is 18.2 Å².